The van der Waals surface area contributed by atoms with Gasteiger partial charge in [-0.15, -0.1) is 11.3 Å². The maximum Gasteiger partial charge on any atom is 0.261 e. The van der Waals surface area contributed by atoms with Crippen LogP contribution in [0.15, 0.2) is 6.07 Å². The summed E-state index contributed by atoms with van der Waals surface area (Å²) in [5, 5.41) is 8.14. The molecule has 1 fully saturated rings. The number of hydrogen-bond acceptors (Lipinski definition) is 4. The van der Waals surface area contributed by atoms with Gasteiger partial charge in [-0.2, -0.15) is 0 Å². The summed E-state index contributed by atoms with van der Waals surface area (Å²) in [6, 6.07) is 1.46. The number of fused-ring (bicyclic) bond motifs is 1. The first kappa shape index (κ1) is 17.0. The van der Waals surface area contributed by atoms with Crippen LogP contribution in [0, 0.1) is 0 Å². The Bertz CT molecular complexity index is 618. The van der Waals surface area contributed by atoms with Crippen molar-refractivity contribution in [3.63, 3.8) is 0 Å². The van der Waals surface area contributed by atoms with Gasteiger partial charge >= 0.3 is 0 Å². The summed E-state index contributed by atoms with van der Waals surface area (Å²) in [6.45, 7) is 0.552. The van der Waals surface area contributed by atoms with Gasteiger partial charge in [0.1, 0.15) is 6.04 Å². The Morgan fingerprint density at radius 1 is 1.21 bits per heavy atom. The van der Waals surface area contributed by atoms with E-state index in [1.54, 1.807) is 0 Å². The molecule has 0 aromatic carbocycles. The highest BCUT2D eigenvalue weighted by atomic mass is 32.1. The fourth-order valence-electron chi connectivity index (χ4n) is 3.17. The highest BCUT2D eigenvalue weighted by molar-refractivity contribution is 7.14. The molecule has 0 bridgehead atoms. The molecule has 1 unspecified atom stereocenters. The minimum absolute atomic E-state index is 0.106. The molecule has 3 amide bonds. The van der Waals surface area contributed by atoms with E-state index >= 15 is 0 Å². The largest absolute Gasteiger partial charge is 0.354 e. The highest BCUT2D eigenvalue weighted by Crippen LogP contribution is 2.29. The van der Waals surface area contributed by atoms with E-state index in [9.17, 15) is 14.4 Å². The molecule has 0 spiro atoms. The molecule has 6 nitrogen and oxygen atoms in total. The third kappa shape index (κ3) is 4.14. The third-order valence-electron chi connectivity index (χ3n) is 4.50. The lowest BCUT2D eigenvalue weighted by Crippen LogP contribution is -2.48. The third-order valence-corrected chi connectivity index (χ3v) is 5.74. The molecule has 0 saturated carbocycles. The predicted molar refractivity (Wildman–Crippen MR) is 92.1 cm³/mol. The standard InChI is InChI=1S/C17H23N3O3S/c21-15(20-12-6-3-4-8-18-16(12)22)10-19-17(23)14-9-11-5-1-2-7-13(11)24-14/h9,12H,1-8,10H2,(H,18,22)(H,19,23)(H,20,21). The van der Waals surface area contributed by atoms with Gasteiger partial charge in [-0.05, 0) is 56.6 Å². The van der Waals surface area contributed by atoms with E-state index < -0.39 is 6.04 Å². The van der Waals surface area contributed by atoms with Gasteiger partial charge in [0.05, 0.1) is 11.4 Å². The Morgan fingerprint density at radius 2 is 2.04 bits per heavy atom. The van der Waals surface area contributed by atoms with Crippen LogP contribution in [0.3, 0.4) is 0 Å². The lowest BCUT2D eigenvalue weighted by Gasteiger charge is -2.15. The Hall–Kier alpha value is -1.89. The van der Waals surface area contributed by atoms with E-state index in [0.29, 0.717) is 17.8 Å². The first-order chi connectivity index (χ1) is 11.6. The van der Waals surface area contributed by atoms with E-state index in [0.717, 1.165) is 25.7 Å². The molecular weight excluding hydrogens is 326 g/mol. The number of thiophene rings is 1. The van der Waals surface area contributed by atoms with Crippen molar-refractivity contribution in [3.05, 3.63) is 21.4 Å². The fourth-order valence-corrected chi connectivity index (χ4v) is 4.34. The first-order valence-electron chi connectivity index (χ1n) is 8.60. The topological polar surface area (TPSA) is 87.3 Å². The molecule has 2 aliphatic rings. The average molecular weight is 349 g/mol. The summed E-state index contributed by atoms with van der Waals surface area (Å²) in [4.78, 5) is 38.0. The summed E-state index contributed by atoms with van der Waals surface area (Å²) >= 11 is 1.53. The lowest BCUT2D eigenvalue weighted by molar-refractivity contribution is -0.128. The van der Waals surface area contributed by atoms with E-state index in [1.165, 1.54) is 34.6 Å². The number of carbonyl (C=O) groups excluding carboxylic acids is 3. The van der Waals surface area contributed by atoms with Gasteiger partial charge in [-0.3, -0.25) is 14.4 Å². The zero-order chi connectivity index (χ0) is 16.9. The van der Waals surface area contributed by atoms with Gasteiger partial charge in [-0.25, -0.2) is 0 Å². The molecular formula is C17H23N3O3S. The second kappa shape index (κ2) is 7.79. The van der Waals surface area contributed by atoms with Crippen LogP contribution < -0.4 is 16.0 Å². The first-order valence-corrected chi connectivity index (χ1v) is 9.42. The van der Waals surface area contributed by atoms with Crippen LogP contribution in [-0.2, 0) is 22.4 Å². The molecule has 1 saturated heterocycles. The van der Waals surface area contributed by atoms with Gasteiger partial charge in [0.2, 0.25) is 11.8 Å². The predicted octanol–water partition coefficient (Wildman–Crippen LogP) is 1.14. The number of hydrogen-bond donors (Lipinski definition) is 3. The van der Waals surface area contributed by atoms with Gasteiger partial charge < -0.3 is 16.0 Å². The SMILES string of the molecule is O=C(CNC(=O)c1cc2c(s1)CCCC2)NC1CCCCNC1=O. The van der Waals surface area contributed by atoms with Crippen LogP contribution in [0.1, 0.15) is 52.2 Å². The molecule has 1 aromatic heterocycles. The molecule has 1 aliphatic heterocycles. The van der Waals surface area contributed by atoms with Crippen molar-refractivity contribution in [1.29, 1.82) is 0 Å². The molecule has 130 valence electrons. The summed E-state index contributed by atoms with van der Waals surface area (Å²) in [7, 11) is 0. The number of aryl methyl sites for hydroxylation is 2. The normalized spacial score (nSPS) is 20.5. The quantitative estimate of drug-likeness (QED) is 0.762. The average Bonchev–Trinajstić information content (AvgIpc) is 2.92. The monoisotopic (exact) mass is 349 g/mol. The Morgan fingerprint density at radius 3 is 2.88 bits per heavy atom. The summed E-state index contributed by atoms with van der Waals surface area (Å²) in [5.41, 5.74) is 1.27. The second-order valence-electron chi connectivity index (χ2n) is 6.36. The molecule has 3 rings (SSSR count). The Labute approximate surface area is 145 Å². The van der Waals surface area contributed by atoms with E-state index in [2.05, 4.69) is 16.0 Å². The molecule has 0 radical (unpaired) electrons. The van der Waals surface area contributed by atoms with Crippen molar-refractivity contribution < 1.29 is 14.4 Å². The minimum Gasteiger partial charge on any atom is -0.354 e. The summed E-state index contributed by atoms with van der Waals surface area (Å²) in [5.74, 6) is -0.681. The van der Waals surface area contributed by atoms with Gasteiger partial charge in [0.25, 0.3) is 5.91 Å². The Kier molecular flexibility index (Phi) is 5.50. The summed E-state index contributed by atoms with van der Waals surface area (Å²) < 4.78 is 0. The molecule has 1 aromatic rings. The van der Waals surface area contributed by atoms with Crippen LogP contribution >= 0.6 is 11.3 Å². The van der Waals surface area contributed by atoms with Crippen molar-refractivity contribution in [2.75, 3.05) is 13.1 Å². The van der Waals surface area contributed by atoms with Crippen LogP contribution in [0.25, 0.3) is 0 Å². The van der Waals surface area contributed by atoms with Crippen LogP contribution in [0.2, 0.25) is 0 Å². The van der Waals surface area contributed by atoms with Gasteiger partial charge in [-0.1, -0.05) is 0 Å². The summed E-state index contributed by atoms with van der Waals surface area (Å²) in [6.07, 6.45) is 6.91. The van der Waals surface area contributed by atoms with Crippen molar-refractivity contribution in [1.82, 2.24) is 16.0 Å². The fraction of sp³-hybridized carbons (Fsp3) is 0.588. The molecule has 1 atom stereocenters. The van der Waals surface area contributed by atoms with Crippen molar-refractivity contribution in [2.24, 2.45) is 0 Å². The van der Waals surface area contributed by atoms with E-state index in [4.69, 9.17) is 0 Å². The molecule has 3 N–H and O–H groups in total. The van der Waals surface area contributed by atoms with Gasteiger partial charge in [0, 0.05) is 11.4 Å². The molecule has 1 aliphatic carbocycles. The number of amides is 3. The zero-order valence-electron chi connectivity index (χ0n) is 13.7. The molecule has 2 heterocycles. The maximum absolute atomic E-state index is 12.2. The van der Waals surface area contributed by atoms with E-state index in [-0.39, 0.29) is 24.3 Å². The molecule has 24 heavy (non-hydrogen) atoms. The van der Waals surface area contributed by atoms with Crippen molar-refractivity contribution >= 4 is 29.1 Å². The lowest BCUT2D eigenvalue weighted by atomic mass is 9.99. The van der Waals surface area contributed by atoms with Crippen LogP contribution in [-0.4, -0.2) is 36.9 Å². The van der Waals surface area contributed by atoms with E-state index in [1.807, 2.05) is 6.07 Å². The van der Waals surface area contributed by atoms with Crippen LogP contribution in [0.4, 0.5) is 0 Å². The maximum atomic E-state index is 12.2. The smallest absolute Gasteiger partial charge is 0.261 e. The second-order valence-corrected chi connectivity index (χ2v) is 7.49. The van der Waals surface area contributed by atoms with Gasteiger partial charge in [0.15, 0.2) is 0 Å². The minimum atomic E-state index is -0.494. The highest BCUT2D eigenvalue weighted by Gasteiger charge is 2.23. The van der Waals surface area contributed by atoms with Crippen LogP contribution in [0.5, 0.6) is 0 Å². The Balaban J connectivity index is 1.49. The van der Waals surface area contributed by atoms with Crippen molar-refractivity contribution in [2.45, 2.75) is 51.0 Å². The number of nitrogens with one attached hydrogen (secondary N) is 3. The van der Waals surface area contributed by atoms with Crippen molar-refractivity contribution in [3.8, 4) is 0 Å². The number of rotatable bonds is 4. The molecule has 7 heteroatoms. The number of carbonyl (C=O) groups is 3. The zero-order valence-corrected chi connectivity index (χ0v) is 14.5.